The lowest BCUT2D eigenvalue weighted by molar-refractivity contribution is 0.386. The first-order valence-electron chi connectivity index (χ1n) is 5.75. The average Bonchev–Trinajstić information content (AvgIpc) is 2.86. The first kappa shape index (κ1) is 13.3. The molecule has 0 spiro atoms. The smallest absolute Gasteiger partial charge is 0.320 e. The van der Waals surface area contributed by atoms with Crippen LogP contribution in [-0.2, 0) is 0 Å². The van der Waals surface area contributed by atoms with Crippen LogP contribution in [0.25, 0.3) is 0 Å². The van der Waals surface area contributed by atoms with Gasteiger partial charge in [0, 0.05) is 11.8 Å². The van der Waals surface area contributed by atoms with Gasteiger partial charge in [0.15, 0.2) is 11.6 Å². The molecule has 1 aromatic carbocycles. The van der Waals surface area contributed by atoms with Gasteiger partial charge in [-0.1, -0.05) is 5.10 Å². The van der Waals surface area contributed by atoms with Gasteiger partial charge in [0.1, 0.15) is 0 Å². The molecule has 2 N–H and O–H groups in total. The van der Waals surface area contributed by atoms with Crippen LogP contribution in [0.2, 0.25) is 0 Å². The summed E-state index contributed by atoms with van der Waals surface area (Å²) in [4.78, 5) is 0. The van der Waals surface area contributed by atoms with Crippen molar-refractivity contribution in [1.82, 2.24) is 15.5 Å². The predicted molar refractivity (Wildman–Crippen MR) is 68.0 cm³/mol. The highest BCUT2D eigenvalue weighted by atomic mass is 19.1. The lowest BCUT2D eigenvalue weighted by Crippen LogP contribution is -2.12. The molecule has 0 saturated carbocycles. The van der Waals surface area contributed by atoms with Gasteiger partial charge in [-0.25, -0.2) is 4.39 Å². The summed E-state index contributed by atoms with van der Waals surface area (Å²) in [6, 6.07) is 4.64. The third kappa shape index (κ3) is 3.00. The third-order valence-corrected chi connectivity index (χ3v) is 2.65. The van der Waals surface area contributed by atoms with E-state index < -0.39 is 5.82 Å². The molecule has 0 saturated heterocycles. The van der Waals surface area contributed by atoms with E-state index in [1.165, 1.54) is 19.2 Å². The molecule has 0 aliphatic carbocycles. The number of aromatic nitrogens is 2. The number of benzene rings is 1. The second-order valence-electron chi connectivity index (χ2n) is 3.93. The van der Waals surface area contributed by atoms with Crippen molar-refractivity contribution in [2.75, 3.05) is 19.5 Å². The molecule has 0 aliphatic heterocycles. The Labute approximate surface area is 110 Å². The number of nitrogens with zero attached hydrogens (tertiary/aromatic N) is 2. The van der Waals surface area contributed by atoms with Crippen molar-refractivity contribution in [3.8, 4) is 5.75 Å². The Bertz CT molecular complexity index is 558. The molecule has 1 heterocycles. The van der Waals surface area contributed by atoms with E-state index in [0.717, 1.165) is 0 Å². The van der Waals surface area contributed by atoms with Crippen molar-refractivity contribution in [2.45, 2.75) is 13.0 Å². The van der Waals surface area contributed by atoms with Gasteiger partial charge in [-0.2, -0.15) is 0 Å². The van der Waals surface area contributed by atoms with E-state index in [1.807, 2.05) is 6.92 Å². The zero-order valence-corrected chi connectivity index (χ0v) is 10.9. The van der Waals surface area contributed by atoms with Crippen LogP contribution in [0.4, 0.5) is 16.1 Å². The third-order valence-electron chi connectivity index (χ3n) is 2.65. The maximum Gasteiger partial charge on any atom is 0.320 e. The van der Waals surface area contributed by atoms with Crippen molar-refractivity contribution in [3.05, 3.63) is 29.9 Å². The summed E-state index contributed by atoms with van der Waals surface area (Å²) in [5.74, 6) is 0.176. The summed E-state index contributed by atoms with van der Waals surface area (Å²) in [7, 11) is 3.20. The normalized spacial score (nSPS) is 12.2. The van der Waals surface area contributed by atoms with Crippen LogP contribution in [0.15, 0.2) is 22.6 Å². The van der Waals surface area contributed by atoms with Gasteiger partial charge in [0.05, 0.1) is 13.2 Å². The minimum atomic E-state index is -0.462. The summed E-state index contributed by atoms with van der Waals surface area (Å²) in [6.07, 6.45) is 0. The molecular weight excluding hydrogens is 251 g/mol. The number of methoxy groups -OCH3 is 1. The zero-order valence-electron chi connectivity index (χ0n) is 10.9. The van der Waals surface area contributed by atoms with Gasteiger partial charge < -0.3 is 19.8 Å². The predicted octanol–water partition coefficient (Wildman–Crippen LogP) is 2.24. The molecule has 1 unspecified atom stereocenters. The zero-order chi connectivity index (χ0) is 13.8. The van der Waals surface area contributed by atoms with Crippen LogP contribution >= 0.6 is 0 Å². The summed E-state index contributed by atoms with van der Waals surface area (Å²) in [5, 5.41) is 13.5. The molecule has 0 fully saturated rings. The van der Waals surface area contributed by atoms with Gasteiger partial charge in [0.2, 0.25) is 5.89 Å². The largest absolute Gasteiger partial charge is 0.494 e. The van der Waals surface area contributed by atoms with Crippen LogP contribution in [0.3, 0.4) is 0 Å². The molecule has 0 aliphatic rings. The van der Waals surface area contributed by atoms with E-state index in [4.69, 9.17) is 9.15 Å². The van der Waals surface area contributed by atoms with E-state index in [2.05, 4.69) is 20.8 Å². The Hall–Kier alpha value is -2.15. The van der Waals surface area contributed by atoms with Gasteiger partial charge in [-0.15, -0.1) is 5.10 Å². The number of nitrogens with one attached hydrogen (secondary N) is 2. The lowest BCUT2D eigenvalue weighted by atomic mass is 10.3. The Morgan fingerprint density at radius 1 is 1.37 bits per heavy atom. The van der Waals surface area contributed by atoms with Crippen molar-refractivity contribution in [1.29, 1.82) is 0 Å². The molecule has 102 valence electrons. The first-order valence-corrected chi connectivity index (χ1v) is 5.75. The molecule has 0 bridgehead atoms. The van der Waals surface area contributed by atoms with Gasteiger partial charge in [-0.05, 0) is 26.1 Å². The molecule has 1 aromatic heterocycles. The van der Waals surface area contributed by atoms with Crippen LogP contribution in [0.5, 0.6) is 5.75 Å². The lowest BCUT2D eigenvalue weighted by Gasteiger charge is -2.05. The van der Waals surface area contributed by atoms with E-state index in [0.29, 0.717) is 11.6 Å². The molecule has 19 heavy (non-hydrogen) atoms. The average molecular weight is 266 g/mol. The van der Waals surface area contributed by atoms with E-state index in [-0.39, 0.29) is 17.8 Å². The number of rotatable bonds is 5. The Kier molecular flexibility index (Phi) is 3.96. The topological polar surface area (TPSA) is 72.2 Å². The highest BCUT2D eigenvalue weighted by molar-refractivity contribution is 5.53. The fourth-order valence-electron chi connectivity index (χ4n) is 1.45. The van der Waals surface area contributed by atoms with Crippen LogP contribution in [-0.4, -0.2) is 24.4 Å². The first-order chi connectivity index (χ1) is 9.13. The number of hydrogen-bond donors (Lipinski definition) is 2. The van der Waals surface area contributed by atoms with Gasteiger partial charge in [-0.3, -0.25) is 0 Å². The molecule has 1 atom stereocenters. The van der Waals surface area contributed by atoms with Crippen molar-refractivity contribution < 1.29 is 13.5 Å². The van der Waals surface area contributed by atoms with Crippen LogP contribution < -0.4 is 15.4 Å². The molecule has 7 heteroatoms. The Morgan fingerprint density at radius 2 is 2.16 bits per heavy atom. The molecular formula is C12H15FN4O2. The maximum absolute atomic E-state index is 13.5. The highest BCUT2D eigenvalue weighted by Crippen LogP contribution is 2.23. The highest BCUT2D eigenvalue weighted by Gasteiger charge is 2.12. The number of ether oxygens (including phenoxy) is 1. The number of halogens is 1. The van der Waals surface area contributed by atoms with E-state index in [1.54, 1.807) is 13.1 Å². The molecule has 6 nitrogen and oxygen atoms in total. The summed E-state index contributed by atoms with van der Waals surface area (Å²) in [5.41, 5.74) is 0.505. The fraction of sp³-hybridized carbons (Fsp3) is 0.333. The number of hydrogen-bond acceptors (Lipinski definition) is 6. The van der Waals surface area contributed by atoms with Crippen LogP contribution in [0, 0.1) is 5.82 Å². The second-order valence-corrected chi connectivity index (χ2v) is 3.93. The quantitative estimate of drug-likeness (QED) is 0.864. The molecule has 2 rings (SSSR count). The molecule has 0 amide bonds. The van der Waals surface area contributed by atoms with Crippen LogP contribution in [0.1, 0.15) is 18.9 Å². The standard InChI is InChI=1S/C12H15FN4O2/c1-7(14-2)11-16-17-12(19-11)15-8-4-5-10(18-3)9(13)6-8/h4-7,14H,1-3H3,(H,15,17). The van der Waals surface area contributed by atoms with Gasteiger partial charge in [0.25, 0.3) is 0 Å². The van der Waals surface area contributed by atoms with Gasteiger partial charge >= 0.3 is 6.01 Å². The van der Waals surface area contributed by atoms with Crippen molar-refractivity contribution in [2.24, 2.45) is 0 Å². The summed E-state index contributed by atoms with van der Waals surface area (Å²) >= 11 is 0. The summed E-state index contributed by atoms with van der Waals surface area (Å²) < 4.78 is 23.7. The maximum atomic E-state index is 13.5. The molecule has 2 aromatic rings. The van der Waals surface area contributed by atoms with E-state index >= 15 is 0 Å². The monoisotopic (exact) mass is 266 g/mol. The minimum absolute atomic E-state index is 0.0457. The number of anilines is 2. The fourth-order valence-corrected chi connectivity index (χ4v) is 1.45. The summed E-state index contributed by atoms with van der Waals surface area (Å²) in [6.45, 7) is 1.89. The Morgan fingerprint density at radius 3 is 2.79 bits per heavy atom. The van der Waals surface area contributed by atoms with Crippen molar-refractivity contribution in [3.63, 3.8) is 0 Å². The minimum Gasteiger partial charge on any atom is -0.494 e. The Balaban J connectivity index is 2.12. The van der Waals surface area contributed by atoms with E-state index in [9.17, 15) is 4.39 Å². The molecule has 0 radical (unpaired) electrons. The van der Waals surface area contributed by atoms with Crippen molar-refractivity contribution >= 4 is 11.7 Å². The second kappa shape index (κ2) is 5.66. The SMILES string of the molecule is CNC(C)c1nnc(Nc2ccc(OC)c(F)c2)o1.